The minimum absolute atomic E-state index is 0.430. The Bertz CT molecular complexity index is 1380. The van der Waals surface area contributed by atoms with Gasteiger partial charge in [-0.25, -0.2) is 8.99 Å². The number of hydrogen-bond donors (Lipinski definition) is 0. The Labute approximate surface area is 195 Å². The van der Waals surface area contributed by atoms with E-state index in [-0.39, 0.29) is 0 Å². The van der Waals surface area contributed by atoms with Crippen molar-refractivity contribution in [1.82, 2.24) is 14.1 Å². The monoisotopic (exact) mass is 486 g/mol. The lowest BCUT2D eigenvalue weighted by atomic mass is 10.1. The second kappa shape index (κ2) is 8.96. The van der Waals surface area contributed by atoms with E-state index in [0.717, 1.165) is 16.4 Å². The predicted molar refractivity (Wildman–Crippen MR) is 125 cm³/mol. The second-order valence-electron chi connectivity index (χ2n) is 7.66. The highest BCUT2D eigenvalue weighted by molar-refractivity contribution is 7.90. The first-order valence-electron chi connectivity index (χ1n) is 10.2. The molecular weight excluding hydrogens is 465 g/mol. The molecule has 0 bridgehead atoms. The Hall–Kier alpha value is -3.63. The van der Waals surface area contributed by atoms with Gasteiger partial charge in [-0.05, 0) is 54.1 Å². The molecule has 0 radical (unpaired) electrons. The lowest BCUT2D eigenvalue weighted by molar-refractivity contribution is -0.137. The number of alkyl halides is 3. The maximum absolute atomic E-state index is 13.1. The summed E-state index contributed by atoms with van der Waals surface area (Å²) in [5.41, 5.74) is 2.02. The first-order valence-corrected chi connectivity index (χ1v) is 11.6. The van der Waals surface area contributed by atoms with Gasteiger partial charge in [0.05, 0.1) is 28.8 Å². The van der Waals surface area contributed by atoms with Crippen molar-refractivity contribution in [2.24, 2.45) is 0 Å². The molecule has 34 heavy (non-hydrogen) atoms. The van der Waals surface area contributed by atoms with Crippen molar-refractivity contribution in [3.05, 3.63) is 96.8 Å². The van der Waals surface area contributed by atoms with Crippen LogP contribution in [-0.4, -0.2) is 36.6 Å². The van der Waals surface area contributed by atoms with E-state index in [1.165, 1.54) is 35.2 Å². The van der Waals surface area contributed by atoms with Crippen LogP contribution >= 0.6 is 0 Å². The number of benzene rings is 3. The molecule has 1 aromatic heterocycles. The van der Waals surface area contributed by atoms with Crippen molar-refractivity contribution in [3.8, 4) is 16.8 Å². The van der Waals surface area contributed by atoms with Gasteiger partial charge in [-0.1, -0.05) is 30.3 Å². The van der Waals surface area contributed by atoms with E-state index in [2.05, 4.69) is 5.10 Å². The third kappa shape index (κ3) is 4.68. The molecule has 0 aliphatic carbocycles. The molecule has 0 aliphatic heterocycles. The Balaban J connectivity index is 1.71. The molecule has 0 unspecified atom stereocenters. The second-order valence-corrected chi connectivity index (χ2v) is 9.65. The molecule has 0 saturated heterocycles. The number of rotatable bonds is 6. The first kappa shape index (κ1) is 23.5. The molecule has 0 saturated carbocycles. The molecule has 0 aliphatic rings. The number of hydrogen-bond acceptors (Lipinski definition) is 3. The molecule has 0 spiro atoms. The third-order valence-corrected chi connectivity index (χ3v) is 6.94. The van der Waals surface area contributed by atoms with Crippen molar-refractivity contribution in [3.63, 3.8) is 0 Å². The van der Waals surface area contributed by atoms with Gasteiger partial charge in [0.15, 0.2) is 0 Å². The molecule has 0 atom stereocenters. The Morgan fingerprint density at radius 1 is 0.824 bits per heavy atom. The Kier molecular flexibility index (Phi) is 6.20. The van der Waals surface area contributed by atoms with Gasteiger partial charge >= 0.3 is 16.4 Å². The van der Waals surface area contributed by atoms with Crippen LogP contribution < -0.4 is 4.31 Å². The zero-order valence-electron chi connectivity index (χ0n) is 18.3. The lowest BCUT2D eigenvalue weighted by Crippen LogP contribution is -2.37. The van der Waals surface area contributed by atoms with Crippen molar-refractivity contribution < 1.29 is 21.6 Å². The zero-order valence-corrected chi connectivity index (χ0v) is 19.1. The quantitative estimate of drug-likeness (QED) is 0.362. The van der Waals surface area contributed by atoms with Gasteiger partial charge in [0.25, 0.3) is 0 Å². The van der Waals surface area contributed by atoms with E-state index >= 15 is 0 Å². The van der Waals surface area contributed by atoms with Crippen LogP contribution in [0.1, 0.15) is 5.56 Å². The number of para-hydroxylation sites is 1. The summed E-state index contributed by atoms with van der Waals surface area (Å²) in [6.45, 7) is 0. The van der Waals surface area contributed by atoms with Crippen LogP contribution in [0.15, 0.2) is 91.3 Å². The van der Waals surface area contributed by atoms with Gasteiger partial charge in [-0.15, -0.1) is 0 Å². The first-order chi connectivity index (χ1) is 16.1. The van der Waals surface area contributed by atoms with Crippen LogP contribution in [-0.2, 0) is 16.4 Å². The molecule has 3 aromatic carbocycles. The molecule has 10 heteroatoms. The average molecular weight is 487 g/mol. The molecular formula is C24H21F3N4O2S. The fourth-order valence-corrected chi connectivity index (χ4v) is 4.46. The van der Waals surface area contributed by atoms with Crippen LogP contribution in [0.25, 0.3) is 16.8 Å². The number of nitrogens with zero attached hydrogens (tertiary/aromatic N) is 4. The average Bonchev–Trinajstić information content (AvgIpc) is 3.30. The largest absolute Gasteiger partial charge is 0.416 e. The highest BCUT2D eigenvalue weighted by Crippen LogP contribution is 2.33. The summed E-state index contributed by atoms with van der Waals surface area (Å²) in [4.78, 5) is 0. The fraction of sp³-hybridized carbons (Fsp3) is 0.125. The normalized spacial score (nSPS) is 12.2. The molecule has 1 heterocycles. The van der Waals surface area contributed by atoms with E-state index < -0.39 is 21.9 Å². The van der Waals surface area contributed by atoms with Crippen LogP contribution in [0.5, 0.6) is 0 Å². The van der Waals surface area contributed by atoms with Crippen molar-refractivity contribution in [2.75, 3.05) is 18.4 Å². The Morgan fingerprint density at radius 3 is 2.09 bits per heavy atom. The summed E-state index contributed by atoms with van der Waals surface area (Å²) in [7, 11) is -0.921. The van der Waals surface area contributed by atoms with Gasteiger partial charge in [0.2, 0.25) is 0 Å². The van der Waals surface area contributed by atoms with Crippen LogP contribution in [0.4, 0.5) is 24.5 Å². The van der Waals surface area contributed by atoms with E-state index in [4.69, 9.17) is 0 Å². The molecule has 0 N–H and O–H groups in total. The lowest BCUT2D eigenvalue weighted by Gasteiger charge is -2.27. The summed E-state index contributed by atoms with van der Waals surface area (Å²) in [6, 6.07) is 20.4. The number of anilines is 2. The molecule has 0 amide bonds. The van der Waals surface area contributed by atoms with E-state index in [9.17, 15) is 21.6 Å². The van der Waals surface area contributed by atoms with Gasteiger partial charge in [0.1, 0.15) is 0 Å². The summed E-state index contributed by atoms with van der Waals surface area (Å²) in [5, 5.41) is 4.26. The van der Waals surface area contributed by atoms with Gasteiger partial charge in [-0.3, -0.25) is 0 Å². The van der Waals surface area contributed by atoms with E-state index in [0.29, 0.717) is 28.2 Å². The minimum atomic E-state index is -4.41. The number of aromatic nitrogens is 2. The van der Waals surface area contributed by atoms with Crippen LogP contribution in [0.3, 0.4) is 0 Å². The standard InChI is InChI=1S/C24H21F3N4O2S/c1-29(2)34(32,33)31(22-8-4-3-5-9-22)23-10-6-7-18(15-23)19-16-28-30(17-19)21-13-11-20(12-14-21)24(25,26)27/h3-17H,1-2H3. The van der Waals surface area contributed by atoms with Gasteiger partial charge in [0, 0.05) is 25.9 Å². The summed E-state index contributed by atoms with van der Waals surface area (Å²) < 4.78 is 68.6. The summed E-state index contributed by atoms with van der Waals surface area (Å²) in [5.74, 6) is 0. The third-order valence-electron chi connectivity index (χ3n) is 5.14. The highest BCUT2D eigenvalue weighted by atomic mass is 32.2. The maximum Gasteiger partial charge on any atom is 0.416 e. The minimum Gasteiger partial charge on any atom is -0.240 e. The Morgan fingerprint density at radius 2 is 1.47 bits per heavy atom. The summed E-state index contributed by atoms with van der Waals surface area (Å²) in [6.07, 6.45) is -1.16. The fourth-order valence-electron chi connectivity index (χ4n) is 3.37. The van der Waals surface area contributed by atoms with E-state index in [1.54, 1.807) is 60.9 Å². The van der Waals surface area contributed by atoms with Gasteiger partial charge < -0.3 is 0 Å². The van der Waals surface area contributed by atoms with E-state index in [1.807, 2.05) is 6.07 Å². The summed E-state index contributed by atoms with van der Waals surface area (Å²) >= 11 is 0. The smallest absolute Gasteiger partial charge is 0.240 e. The van der Waals surface area contributed by atoms with Crippen LogP contribution in [0.2, 0.25) is 0 Å². The van der Waals surface area contributed by atoms with Crippen LogP contribution in [0, 0.1) is 0 Å². The van der Waals surface area contributed by atoms with Crippen molar-refractivity contribution >= 4 is 21.6 Å². The molecule has 0 fully saturated rings. The van der Waals surface area contributed by atoms with Crippen molar-refractivity contribution in [2.45, 2.75) is 6.18 Å². The number of halogens is 3. The predicted octanol–water partition coefficient (Wildman–Crippen LogP) is 5.50. The molecule has 4 rings (SSSR count). The molecule has 176 valence electrons. The SMILES string of the molecule is CN(C)S(=O)(=O)N(c1ccccc1)c1cccc(-c2cnn(-c3ccc(C(F)(F)F)cc3)c2)c1. The topological polar surface area (TPSA) is 58.4 Å². The highest BCUT2D eigenvalue weighted by Gasteiger charge is 2.30. The molecule has 6 nitrogen and oxygen atoms in total. The van der Waals surface area contributed by atoms with Crippen molar-refractivity contribution in [1.29, 1.82) is 0 Å². The molecule has 4 aromatic rings. The maximum atomic E-state index is 13.1. The zero-order chi connectivity index (χ0) is 24.5. The van der Waals surface area contributed by atoms with Gasteiger partial charge in [-0.2, -0.15) is 31.0 Å².